The van der Waals surface area contributed by atoms with Crippen LogP contribution in [0.15, 0.2) is 146 Å². The third kappa shape index (κ3) is 4.59. The minimum atomic E-state index is -0.416. The van der Waals surface area contributed by atoms with Crippen LogP contribution in [0.1, 0.15) is 35.6 Å². The minimum absolute atomic E-state index is 0.416. The number of fused-ring (bicyclic) bond motifs is 6. The molecule has 9 rings (SSSR count). The van der Waals surface area contributed by atoms with Gasteiger partial charge in [0.2, 0.25) is 0 Å². The fourth-order valence-electron chi connectivity index (χ4n) is 7.94. The Morgan fingerprint density at radius 1 is 0.529 bits per heavy atom. The van der Waals surface area contributed by atoms with Crippen LogP contribution >= 0.6 is 0 Å². The van der Waals surface area contributed by atoms with Gasteiger partial charge < -0.3 is 9.13 Å². The molecule has 0 saturated carbocycles. The molecule has 1 aliphatic carbocycles. The summed E-state index contributed by atoms with van der Waals surface area (Å²) in [6, 6.07) is 49.8. The number of rotatable bonds is 4. The van der Waals surface area contributed by atoms with Crippen molar-refractivity contribution in [2.24, 2.45) is 0 Å². The summed E-state index contributed by atoms with van der Waals surface area (Å²) >= 11 is 0. The van der Waals surface area contributed by atoms with Crippen molar-refractivity contribution in [3.63, 3.8) is 0 Å². The first-order valence-corrected chi connectivity index (χ1v) is 16.9. The van der Waals surface area contributed by atoms with E-state index in [1.807, 2.05) is 60.7 Å². The molecule has 6 aromatic carbocycles. The molecule has 1 unspecified atom stereocenters. The number of para-hydroxylation sites is 3. The lowest BCUT2D eigenvalue weighted by Gasteiger charge is -2.32. The Balaban J connectivity index is 1.23. The van der Waals surface area contributed by atoms with Crippen LogP contribution in [0, 0.1) is 34.0 Å². The summed E-state index contributed by atoms with van der Waals surface area (Å²) in [5, 5.41) is 34.3. The molecule has 0 spiro atoms. The van der Waals surface area contributed by atoms with E-state index in [1.54, 1.807) is 0 Å². The zero-order chi connectivity index (χ0) is 34.7. The van der Waals surface area contributed by atoms with Crippen LogP contribution in [0.3, 0.4) is 0 Å². The lowest BCUT2D eigenvalue weighted by atomic mass is 9.73. The fourth-order valence-corrected chi connectivity index (χ4v) is 7.94. The van der Waals surface area contributed by atoms with Crippen molar-refractivity contribution in [2.45, 2.75) is 18.8 Å². The fraction of sp³-hybridized carbons (Fsp3) is 0.0652. The topological polar surface area (TPSA) is 81.2 Å². The predicted octanol–water partition coefficient (Wildman–Crippen LogP) is 10.9. The van der Waals surface area contributed by atoms with Gasteiger partial charge in [0.1, 0.15) is 0 Å². The van der Waals surface area contributed by atoms with Crippen molar-refractivity contribution in [3.8, 4) is 35.0 Å². The van der Waals surface area contributed by atoms with Crippen LogP contribution in [0.5, 0.6) is 0 Å². The van der Waals surface area contributed by atoms with Crippen LogP contribution in [0.4, 0.5) is 0 Å². The maximum absolute atomic E-state index is 10.1. The summed E-state index contributed by atoms with van der Waals surface area (Å²) in [5.74, 6) is 0. The largest absolute Gasteiger partial charge is 0.310 e. The highest BCUT2D eigenvalue weighted by molar-refractivity contribution is 6.11. The molecule has 0 saturated heterocycles. The lowest BCUT2D eigenvalue weighted by molar-refractivity contribution is 0.601. The molecule has 5 nitrogen and oxygen atoms in total. The summed E-state index contributed by atoms with van der Waals surface area (Å²) in [4.78, 5) is 0. The first-order valence-electron chi connectivity index (χ1n) is 16.9. The molecule has 238 valence electrons. The average molecular weight is 652 g/mol. The molecule has 2 aromatic heterocycles. The first-order chi connectivity index (χ1) is 25.0. The van der Waals surface area contributed by atoms with E-state index in [4.69, 9.17) is 0 Å². The Kier molecular flexibility index (Phi) is 6.75. The molecular formula is C46H29N5. The molecule has 1 aliphatic rings. The zero-order valence-electron chi connectivity index (χ0n) is 27.8. The molecule has 0 amide bonds. The predicted molar refractivity (Wildman–Crippen MR) is 205 cm³/mol. The van der Waals surface area contributed by atoms with Gasteiger partial charge in [-0.1, -0.05) is 79.7 Å². The van der Waals surface area contributed by atoms with Crippen LogP contribution in [0.25, 0.3) is 66.1 Å². The second-order valence-corrected chi connectivity index (χ2v) is 13.4. The van der Waals surface area contributed by atoms with Gasteiger partial charge in [0.05, 0.1) is 62.7 Å². The molecule has 0 bridgehead atoms. The Morgan fingerprint density at radius 2 is 1.04 bits per heavy atom. The lowest BCUT2D eigenvalue weighted by Crippen LogP contribution is -2.22. The highest BCUT2D eigenvalue weighted by atomic mass is 15.0. The van der Waals surface area contributed by atoms with Crippen molar-refractivity contribution in [1.82, 2.24) is 9.13 Å². The van der Waals surface area contributed by atoms with Gasteiger partial charge in [0, 0.05) is 38.2 Å². The molecule has 2 heterocycles. The van der Waals surface area contributed by atoms with Crippen molar-refractivity contribution in [3.05, 3.63) is 168 Å². The van der Waals surface area contributed by atoms with E-state index in [9.17, 15) is 15.8 Å². The van der Waals surface area contributed by atoms with Gasteiger partial charge in [-0.3, -0.25) is 0 Å². The van der Waals surface area contributed by atoms with Crippen molar-refractivity contribution in [2.75, 3.05) is 0 Å². The van der Waals surface area contributed by atoms with Crippen molar-refractivity contribution >= 4 is 49.3 Å². The number of aromatic nitrogens is 2. The molecular weight excluding hydrogens is 623 g/mol. The van der Waals surface area contributed by atoms with Crippen LogP contribution in [-0.2, 0) is 5.41 Å². The van der Waals surface area contributed by atoms with E-state index in [1.165, 1.54) is 0 Å². The minimum Gasteiger partial charge on any atom is -0.310 e. The van der Waals surface area contributed by atoms with Crippen LogP contribution in [-0.4, -0.2) is 9.13 Å². The Bertz CT molecular complexity index is 2890. The highest BCUT2D eigenvalue weighted by Gasteiger charge is 2.30. The number of nitriles is 3. The summed E-state index contributed by atoms with van der Waals surface area (Å²) in [6.07, 6.45) is 7.46. The van der Waals surface area contributed by atoms with Crippen molar-refractivity contribution < 1.29 is 0 Å². The standard InChI is InChI=1S/C46H29N5/c1-46(22-20-33(21-23-46)50-41-11-5-4-10-36(41)38-25-31(28-48)15-18-44(38)50)40-17-14-30(27-47)24-37(40)39-26-32(29-49)16-19-45(39)51-42-12-6-2-8-34(42)35-9-3-7-13-43(35)51/h2-22,24-26H,23H2,1H3. The molecule has 51 heavy (non-hydrogen) atoms. The number of hydrogen-bond donors (Lipinski definition) is 0. The number of benzene rings is 6. The second-order valence-electron chi connectivity index (χ2n) is 13.4. The van der Waals surface area contributed by atoms with Crippen molar-refractivity contribution in [1.29, 1.82) is 15.8 Å². The highest BCUT2D eigenvalue weighted by Crippen LogP contribution is 2.45. The molecule has 0 N–H and O–H groups in total. The van der Waals surface area contributed by atoms with E-state index >= 15 is 0 Å². The molecule has 5 heteroatoms. The van der Waals surface area contributed by atoms with E-state index in [0.29, 0.717) is 23.1 Å². The maximum Gasteiger partial charge on any atom is 0.0991 e. The number of hydrogen-bond acceptors (Lipinski definition) is 3. The smallest absolute Gasteiger partial charge is 0.0991 e. The normalized spacial score (nSPS) is 15.5. The zero-order valence-corrected chi connectivity index (χ0v) is 27.8. The summed E-state index contributed by atoms with van der Waals surface area (Å²) in [6.45, 7) is 2.24. The van der Waals surface area contributed by atoms with E-state index in [-0.39, 0.29) is 0 Å². The van der Waals surface area contributed by atoms with Gasteiger partial charge in [-0.05, 0) is 90.4 Å². The van der Waals surface area contributed by atoms with Gasteiger partial charge in [-0.2, -0.15) is 15.8 Å². The van der Waals surface area contributed by atoms with Gasteiger partial charge in [-0.15, -0.1) is 0 Å². The van der Waals surface area contributed by atoms with Crippen LogP contribution in [0.2, 0.25) is 0 Å². The molecule has 8 aromatic rings. The third-order valence-electron chi connectivity index (χ3n) is 10.4. The summed E-state index contributed by atoms with van der Waals surface area (Å²) in [5.41, 5.74) is 10.5. The second kappa shape index (κ2) is 11.5. The van der Waals surface area contributed by atoms with E-state index in [2.05, 4.69) is 119 Å². The summed E-state index contributed by atoms with van der Waals surface area (Å²) < 4.78 is 4.55. The van der Waals surface area contributed by atoms with Crippen LogP contribution < -0.4 is 0 Å². The summed E-state index contributed by atoms with van der Waals surface area (Å²) in [7, 11) is 0. The van der Waals surface area contributed by atoms with Gasteiger partial charge in [0.15, 0.2) is 0 Å². The van der Waals surface area contributed by atoms with Gasteiger partial charge in [-0.25, -0.2) is 0 Å². The Hall–Kier alpha value is -7.13. The van der Waals surface area contributed by atoms with Gasteiger partial charge in [0.25, 0.3) is 0 Å². The average Bonchev–Trinajstić information content (AvgIpc) is 3.70. The quantitative estimate of drug-likeness (QED) is 0.190. The molecule has 0 fully saturated rings. The first kappa shape index (κ1) is 30.0. The molecule has 1 atom stereocenters. The molecule has 0 radical (unpaired) electrons. The van der Waals surface area contributed by atoms with E-state index < -0.39 is 5.41 Å². The molecule has 0 aliphatic heterocycles. The third-order valence-corrected chi connectivity index (χ3v) is 10.4. The monoisotopic (exact) mass is 651 g/mol. The number of allylic oxidation sites excluding steroid dienone is 4. The Labute approximate surface area is 295 Å². The SMILES string of the molecule is CC1(c2ccc(C#N)cc2-c2cc(C#N)ccc2-n2c3ccccc3c3ccccc32)C=CC(n2c3ccccc3c3cc(C#N)ccc32)=CC1. The number of nitrogens with zero attached hydrogens (tertiary/aromatic N) is 5. The Morgan fingerprint density at radius 3 is 1.65 bits per heavy atom. The van der Waals surface area contributed by atoms with E-state index in [0.717, 1.165) is 71.7 Å². The van der Waals surface area contributed by atoms with Gasteiger partial charge >= 0.3 is 0 Å². The maximum atomic E-state index is 10.1.